The van der Waals surface area contributed by atoms with Crippen molar-refractivity contribution in [2.24, 2.45) is 11.8 Å². The third kappa shape index (κ3) is 3.84. The Morgan fingerprint density at radius 3 is 2.80 bits per heavy atom. The lowest BCUT2D eigenvalue weighted by Gasteiger charge is -2.22. The van der Waals surface area contributed by atoms with Gasteiger partial charge < -0.3 is 4.42 Å². The average molecular weight is 279 g/mol. The fourth-order valence-electron chi connectivity index (χ4n) is 2.33. The zero-order valence-corrected chi connectivity index (χ0v) is 12.6. The number of amides is 1. The van der Waals surface area contributed by atoms with Crippen LogP contribution in [0, 0.1) is 12.8 Å². The summed E-state index contributed by atoms with van der Waals surface area (Å²) in [5.41, 5.74) is 3.19. The van der Waals surface area contributed by atoms with Crippen molar-refractivity contribution in [1.29, 1.82) is 0 Å². The molecule has 20 heavy (non-hydrogen) atoms. The molecule has 1 aromatic rings. The van der Waals surface area contributed by atoms with Crippen LogP contribution in [0.4, 0.5) is 0 Å². The van der Waals surface area contributed by atoms with Crippen LogP contribution in [0.1, 0.15) is 55.0 Å². The Morgan fingerprint density at radius 2 is 2.25 bits per heavy atom. The topological polar surface area (TPSA) is 71.5 Å². The number of carbonyl (C=O) groups is 1. The van der Waals surface area contributed by atoms with E-state index in [4.69, 9.17) is 10.3 Å². The second kappa shape index (κ2) is 6.41. The quantitative estimate of drug-likeness (QED) is 0.456. The number of furan rings is 1. The average Bonchev–Trinajstić information content (AvgIpc) is 3.18. The van der Waals surface area contributed by atoms with Crippen LogP contribution in [0.15, 0.2) is 10.5 Å². The number of carbonyl (C=O) groups excluding carboxylic acids is 1. The first-order valence-electron chi connectivity index (χ1n) is 7.35. The van der Waals surface area contributed by atoms with Gasteiger partial charge in [0.05, 0.1) is 0 Å². The summed E-state index contributed by atoms with van der Waals surface area (Å²) >= 11 is 0. The lowest BCUT2D eigenvalue weighted by atomic mass is 10.1. The van der Waals surface area contributed by atoms with Crippen LogP contribution < -0.4 is 11.3 Å². The second-order valence-corrected chi connectivity index (χ2v) is 6.05. The van der Waals surface area contributed by atoms with Gasteiger partial charge in [-0.15, -0.1) is 0 Å². The molecule has 0 aliphatic heterocycles. The fourth-order valence-corrected chi connectivity index (χ4v) is 2.33. The van der Waals surface area contributed by atoms with E-state index in [1.165, 1.54) is 19.3 Å². The van der Waals surface area contributed by atoms with Gasteiger partial charge in [-0.1, -0.05) is 13.8 Å². The van der Waals surface area contributed by atoms with Gasteiger partial charge in [-0.2, -0.15) is 0 Å². The number of hydrogen-bond acceptors (Lipinski definition) is 4. The van der Waals surface area contributed by atoms with Gasteiger partial charge in [-0.05, 0) is 44.7 Å². The van der Waals surface area contributed by atoms with Crippen LogP contribution in [-0.2, 0) is 6.54 Å². The zero-order chi connectivity index (χ0) is 14.7. The first kappa shape index (κ1) is 15.1. The molecule has 1 aliphatic carbocycles. The monoisotopic (exact) mass is 279 g/mol. The Balaban J connectivity index is 2.02. The molecule has 1 amide bonds. The minimum atomic E-state index is -0.375. The third-order valence-corrected chi connectivity index (χ3v) is 3.81. The van der Waals surface area contributed by atoms with E-state index in [0.29, 0.717) is 17.7 Å². The van der Waals surface area contributed by atoms with E-state index in [9.17, 15) is 4.79 Å². The molecule has 1 fully saturated rings. The largest absolute Gasteiger partial charge is 0.456 e. The molecule has 2 rings (SSSR count). The lowest BCUT2D eigenvalue weighted by Crippen LogP contribution is -2.29. The molecule has 0 saturated heterocycles. The second-order valence-electron chi connectivity index (χ2n) is 6.05. The predicted molar refractivity (Wildman–Crippen MR) is 78.0 cm³/mol. The van der Waals surface area contributed by atoms with Crippen molar-refractivity contribution >= 4 is 5.91 Å². The van der Waals surface area contributed by atoms with Crippen LogP contribution >= 0.6 is 0 Å². The van der Waals surface area contributed by atoms with E-state index >= 15 is 0 Å². The molecular weight excluding hydrogens is 254 g/mol. The molecule has 0 aromatic carbocycles. The van der Waals surface area contributed by atoms with Gasteiger partial charge in [0.25, 0.3) is 0 Å². The highest BCUT2D eigenvalue weighted by molar-refractivity contribution is 5.91. The number of nitrogen functional groups attached to an aromatic ring is 1. The van der Waals surface area contributed by atoms with E-state index in [1.807, 2.05) is 13.0 Å². The molecule has 5 nitrogen and oxygen atoms in total. The van der Waals surface area contributed by atoms with Crippen LogP contribution in [0.5, 0.6) is 0 Å². The fraction of sp³-hybridized carbons (Fsp3) is 0.667. The molecule has 1 saturated carbocycles. The first-order valence-corrected chi connectivity index (χ1v) is 7.35. The summed E-state index contributed by atoms with van der Waals surface area (Å²) in [5, 5.41) is 0. The molecule has 1 heterocycles. The Morgan fingerprint density at radius 1 is 1.55 bits per heavy atom. The van der Waals surface area contributed by atoms with E-state index in [0.717, 1.165) is 24.4 Å². The van der Waals surface area contributed by atoms with Gasteiger partial charge >= 0.3 is 5.91 Å². The van der Waals surface area contributed by atoms with Gasteiger partial charge in [-0.3, -0.25) is 15.1 Å². The Hall–Kier alpha value is -1.33. The predicted octanol–water partition coefficient (Wildman–Crippen LogP) is 2.20. The minimum absolute atomic E-state index is 0.291. The minimum Gasteiger partial charge on any atom is -0.456 e. The lowest BCUT2D eigenvalue weighted by molar-refractivity contribution is 0.0924. The van der Waals surface area contributed by atoms with Crippen molar-refractivity contribution in [2.45, 2.75) is 52.6 Å². The molecule has 0 spiro atoms. The number of nitrogens with one attached hydrogen (secondary N) is 1. The van der Waals surface area contributed by atoms with Gasteiger partial charge in [0.1, 0.15) is 5.76 Å². The Labute approximate surface area is 120 Å². The van der Waals surface area contributed by atoms with Crippen molar-refractivity contribution in [3.05, 3.63) is 23.2 Å². The van der Waals surface area contributed by atoms with Crippen LogP contribution in [0.3, 0.4) is 0 Å². The SMILES string of the molecule is Cc1oc(C(=O)NN)cc1CN(CCC(C)C)C1CC1. The number of nitrogens with zero attached hydrogens (tertiary/aromatic N) is 1. The summed E-state index contributed by atoms with van der Waals surface area (Å²) in [5.74, 6) is 6.56. The Kier molecular flexibility index (Phi) is 4.83. The molecule has 0 radical (unpaired) electrons. The van der Waals surface area contributed by atoms with Gasteiger partial charge in [-0.25, -0.2) is 5.84 Å². The number of rotatable bonds is 7. The summed E-state index contributed by atoms with van der Waals surface area (Å²) in [6.07, 6.45) is 3.76. The van der Waals surface area contributed by atoms with Crippen molar-refractivity contribution in [2.75, 3.05) is 6.54 Å². The summed E-state index contributed by atoms with van der Waals surface area (Å²) < 4.78 is 5.48. The zero-order valence-electron chi connectivity index (χ0n) is 12.6. The standard InChI is InChI=1S/C15H25N3O2/c1-10(2)6-7-18(13-4-5-13)9-12-8-14(15(19)17-16)20-11(12)3/h8,10,13H,4-7,9,16H2,1-3H3,(H,17,19). The maximum atomic E-state index is 11.5. The molecule has 0 unspecified atom stereocenters. The van der Waals surface area contributed by atoms with E-state index in [-0.39, 0.29) is 5.91 Å². The van der Waals surface area contributed by atoms with E-state index in [1.54, 1.807) is 0 Å². The maximum Gasteiger partial charge on any atom is 0.300 e. The smallest absolute Gasteiger partial charge is 0.300 e. The molecule has 0 bridgehead atoms. The number of hydrazine groups is 1. The summed E-state index contributed by atoms with van der Waals surface area (Å²) in [6.45, 7) is 8.35. The van der Waals surface area contributed by atoms with Gasteiger partial charge in [0.15, 0.2) is 5.76 Å². The molecule has 3 N–H and O–H groups in total. The molecule has 112 valence electrons. The number of hydrogen-bond donors (Lipinski definition) is 2. The van der Waals surface area contributed by atoms with Crippen molar-refractivity contribution in [1.82, 2.24) is 10.3 Å². The molecule has 1 aliphatic rings. The van der Waals surface area contributed by atoms with Gasteiger partial charge in [0, 0.05) is 18.2 Å². The number of nitrogens with two attached hydrogens (primary N) is 1. The molecule has 1 aromatic heterocycles. The van der Waals surface area contributed by atoms with E-state index in [2.05, 4.69) is 24.2 Å². The summed E-state index contributed by atoms with van der Waals surface area (Å²) in [7, 11) is 0. The molecule has 0 atom stereocenters. The highest BCUT2D eigenvalue weighted by Gasteiger charge is 2.29. The van der Waals surface area contributed by atoms with E-state index < -0.39 is 0 Å². The van der Waals surface area contributed by atoms with Crippen LogP contribution in [0.25, 0.3) is 0 Å². The maximum absolute atomic E-state index is 11.5. The highest BCUT2D eigenvalue weighted by Crippen LogP contribution is 2.30. The normalized spacial score (nSPS) is 15.1. The van der Waals surface area contributed by atoms with Gasteiger partial charge in [0.2, 0.25) is 0 Å². The van der Waals surface area contributed by atoms with Crippen LogP contribution in [0.2, 0.25) is 0 Å². The highest BCUT2D eigenvalue weighted by atomic mass is 16.4. The third-order valence-electron chi connectivity index (χ3n) is 3.81. The summed E-state index contributed by atoms with van der Waals surface area (Å²) in [6, 6.07) is 2.51. The summed E-state index contributed by atoms with van der Waals surface area (Å²) in [4.78, 5) is 14.0. The molecule has 5 heteroatoms. The molecular formula is C15H25N3O2. The first-order chi connectivity index (χ1) is 9.51. The van der Waals surface area contributed by atoms with Crippen LogP contribution in [-0.4, -0.2) is 23.4 Å². The Bertz CT molecular complexity index is 464. The van der Waals surface area contributed by atoms with Crippen molar-refractivity contribution < 1.29 is 9.21 Å². The van der Waals surface area contributed by atoms with Crippen molar-refractivity contribution in [3.63, 3.8) is 0 Å². The van der Waals surface area contributed by atoms with Crippen molar-refractivity contribution in [3.8, 4) is 0 Å². The number of aryl methyl sites for hydroxylation is 1.